The number of benzene rings is 5. The van der Waals surface area contributed by atoms with Gasteiger partial charge in [0.15, 0.2) is 11.5 Å². The number of imide groups is 2. The molecule has 2 heterocycles. The van der Waals surface area contributed by atoms with Crippen LogP contribution in [0.25, 0.3) is 0 Å². The Balaban J connectivity index is 1.11. The van der Waals surface area contributed by atoms with Crippen LogP contribution < -0.4 is 20.0 Å². The van der Waals surface area contributed by atoms with Crippen molar-refractivity contribution in [2.24, 2.45) is 33.9 Å². The second kappa shape index (κ2) is 15.5. The highest BCUT2D eigenvalue weighted by atomic mass is 16.5. The maximum atomic E-state index is 15.4. The second-order valence-electron chi connectivity index (χ2n) is 16.4. The highest BCUT2D eigenvalue weighted by Gasteiger charge is 2.70. The summed E-state index contributed by atoms with van der Waals surface area (Å²) < 4.78 is 5.87. The van der Waals surface area contributed by atoms with Gasteiger partial charge in [0.05, 0.1) is 52.5 Å². The van der Waals surface area contributed by atoms with E-state index in [0.29, 0.717) is 33.9 Å². The van der Waals surface area contributed by atoms with Crippen molar-refractivity contribution in [2.75, 3.05) is 35.9 Å². The summed E-state index contributed by atoms with van der Waals surface area (Å²) in [5.41, 5.74) is 8.11. The molecule has 5 aromatic carbocycles. The normalized spacial score (nSPS) is 24.4. The topological polar surface area (TPSA) is 144 Å². The molecular formula is C49H46N6O6. The number of ether oxygens (including phenoxy) is 1. The number of aromatic hydroxyl groups is 1. The Morgan fingerprint density at radius 3 is 2.13 bits per heavy atom. The molecule has 308 valence electrons. The molecule has 9 rings (SSSR count). The number of nitrogens with zero attached hydrogens (tertiary/aromatic N) is 5. The highest BCUT2D eigenvalue weighted by Crippen LogP contribution is 2.64. The van der Waals surface area contributed by atoms with Crippen LogP contribution in [0, 0.1) is 30.6 Å². The van der Waals surface area contributed by atoms with Gasteiger partial charge in [0.25, 0.3) is 11.8 Å². The Bertz CT molecular complexity index is 2590. The molecule has 6 atom stereocenters. The van der Waals surface area contributed by atoms with Crippen molar-refractivity contribution in [1.29, 1.82) is 0 Å². The van der Waals surface area contributed by atoms with Crippen molar-refractivity contribution in [3.05, 3.63) is 150 Å². The van der Waals surface area contributed by atoms with E-state index >= 15 is 4.79 Å². The third-order valence-electron chi connectivity index (χ3n) is 12.8. The lowest BCUT2D eigenvalue weighted by Crippen LogP contribution is -2.53. The summed E-state index contributed by atoms with van der Waals surface area (Å²) in [7, 11) is 3.93. The fourth-order valence-electron chi connectivity index (χ4n) is 9.96. The molecule has 0 aromatic heterocycles. The third kappa shape index (κ3) is 6.53. The summed E-state index contributed by atoms with van der Waals surface area (Å²) >= 11 is 0. The molecule has 5 aromatic rings. The number of carbonyl (C=O) groups excluding carboxylic acids is 4. The van der Waals surface area contributed by atoms with E-state index in [2.05, 4.69) is 15.7 Å². The van der Waals surface area contributed by atoms with Crippen molar-refractivity contribution in [3.63, 3.8) is 0 Å². The molecular weight excluding hydrogens is 769 g/mol. The number of amides is 4. The van der Waals surface area contributed by atoms with E-state index in [1.54, 1.807) is 42.5 Å². The zero-order valence-electron chi connectivity index (χ0n) is 34.4. The van der Waals surface area contributed by atoms with E-state index in [9.17, 15) is 19.5 Å². The van der Waals surface area contributed by atoms with E-state index in [1.165, 1.54) is 4.90 Å². The summed E-state index contributed by atoms with van der Waals surface area (Å²) in [6.45, 7) is 4.07. The number of aryl methyl sites for hydroxylation is 1. The van der Waals surface area contributed by atoms with Gasteiger partial charge in [-0.3, -0.25) is 29.5 Å². The van der Waals surface area contributed by atoms with Gasteiger partial charge in [-0.25, -0.2) is 0 Å². The minimum absolute atomic E-state index is 0.0594. The van der Waals surface area contributed by atoms with Gasteiger partial charge < -0.3 is 14.7 Å². The number of fused-ring (bicyclic) bond motifs is 4. The molecule has 0 unspecified atom stereocenters. The molecule has 2 saturated heterocycles. The number of nitrogens with one attached hydrogen (secondary N) is 1. The number of allylic oxidation sites excluding steroid dienone is 2. The maximum absolute atomic E-state index is 15.4. The monoisotopic (exact) mass is 814 g/mol. The summed E-state index contributed by atoms with van der Waals surface area (Å²) in [5, 5.41) is 20.7. The number of anilines is 3. The van der Waals surface area contributed by atoms with E-state index < -0.39 is 46.8 Å². The fraction of sp³-hybridized carbons (Fsp3) is 0.265. The number of carbonyl (C=O) groups is 4. The van der Waals surface area contributed by atoms with Crippen LogP contribution in [0.4, 0.5) is 28.4 Å². The fourth-order valence-corrected chi connectivity index (χ4v) is 9.96. The first-order valence-electron chi connectivity index (χ1n) is 20.6. The Labute approximate surface area is 354 Å². The zero-order valence-corrected chi connectivity index (χ0v) is 34.4. The number of phenols is 1. The van der Waals surface area contributed by atoms with Gasteiger partial charge in [-0.2, -0.15) is 15.2 Å². The molecule has 4 aliphatic rings. The van der Waals surface area contributed by atoms with E-state index in [-0.39, 0.29) is 42.8 Å². The van der Waals surface area contributed by atoms with Crippen molar-refractivity contribution >= 4 is 52.1 Å². The number of hydrazine groups is 1. The summed E-state index contributed by atoms with van der Waals surface area (Å²) in [6.07, 6.45) is 2.45. The van der Waals surface area contributed by atoms with Gasteiger partial charge in [-0.15, -0.1) is 0 Å². The summed E-state index contributed by atoms with van der Waals surface area (Å²) in [6, 6.07) is 36.4. The Kier molecular flexibility index (Phi) is 10.0. The predicted octanol–water partition coefficient (Wildman–Crippen LogP) is 8.77. The molecule has 2 aliphatic carbocycles. The van der Waals surface area contributed by atoms with E-state index in [0.717, 1.165) is 21.8 Å². The smallest absolute Gasteiger partial charge is 0.260 e. The molecule has 0 bridgehead atoms. The molecule has 0 spiro atoms. The molecule has 12 nitrogen and oxygen atoms in total. The van der Waals surface area contributed by atoms with E-state index in [4.69, 9.17) is 4.74 Å². The lowest BCUT2D eigenvalue weighted by Gasteiger charge is -2.50. The molecule has 1 saturated carbocycles. The molecule has 12 heteroatoms. The van der Waals surface area contributed by atoms with Crippen molar-refractivity contribution in [1.82, 2.24) is 5.01 Å². The van der Waals surface area contributed by atoms with Gasteiger partial charge in [-0.1, -0.05) is 65.7 Å². The SMILES string of the molecule is CCOc1cc([C@H]2C3=CC[C@@H]4C(=O)N(c5ccc(N=Nc6ccc(N(C)C)cc6)cc5)C(=O)[C@@H]4[C@@H]3C[C@H]3C(=O)N(Nc4ccc(C)cc4)C(=O)[C@@]23c2ccccc2)ccc1O. The molecule has 2 aliphatic heterocycles. The van der Waals surface area contributed by atoms with Gasteiger partial charge in [0, 0.05) is 25.7 Å². The van der Waals surface area contributed by atoms with Crippen LogP contribution in [-0.4, -0.2) is 54.4 Å². The van der Waals surface area contributed by atoms with Gasteiger partial charge in [0.1, 0.15) is 0 Å². The Hall–Kier alpha value is -7.08. The lowest BCUT2D eigenvalue weighted by molar-refractivity contribution is -0.138. The number of hydrogen-bond donors (Lipinski definition) is 2. The van der Waals surface area contributed by atoms with Crippen LogP contribution in [0.15, 0.2) is 143 Å². The molecule has 61 heavy (non-hydrogen) atoms. The Morgan fingerprint density at radius 1 is 0.803 bits per heavy atom. The van der Waals surface area contributed by atoms with Gasteiger partial charge >= 0.3 is 0 Å². The van der Waals surface area contributed by atoms with Crippen LogP contribution in [0.2, 0.25) is 0 Å². The van der Waals surface area contributed by atoms with E-state index in [1.807, 2.05) is 118 Å². The first kappa shape index (κ1) is 39.4. The van der Waals surface area contributed by atoms with Crippen LogP contribution in [0.5, 0.6) is 11.5 Å². The number of phenolic OH excluding ortho intramolecular Hbond substituents is 1. The Morgan fingerprint density at radius 2 is 1.48 bits per heavy atom. The van der Waals surface area contributed by atoms with Crippen LogP contribution >= 0.6 is 0 Å². The van der Waals surface area contributed by atoms with Crippen LogP contribution in [0.1, 0.15) is 42.4 Å². The second-order valence-corrected chi connectivity index (χ2v) is 16.4. The maximum Gasteiger partial charge on any atom is 0.260 e. The minimum atomic E-state index is -1.45. The van der Waals surface area contributed by atoms with Crippen molar-refractivity contribution in [3.8, 4) is 11.5 Å². The minimum Gasteiger partial charge on any atom is -0.504 e. The number of rotatable bonds is 10. The van der Waals surface area contributed by atoms with Gasteiger partial charge in [-0.05, 0) is 117 Å². The average Bonchev–Trinajstić information content (AvgIpc) is 3.65. The largest absolute Gasteiger partial charge is 0.504 e. The zero-order chi connectivity index (χ0) is 42.6. The highest BCUT2D eigenvalue weighted by molar-refractivity contribution is 6.22. The standard InChI is InChI=1S/C49H46N6O6/c1-5-61-42-27-30(13-26-41(42)56)44-37-24-25-38-43(47(59)54(45(38)57)36-22-18-33(19-23-36)51-50-32-16-20-35(21-17-32)53(3)4)39(37)28-40-46(58)55(52-34-14-11-29(2)12-15-34)48(60)49(40,44)31-9-7-6-8-10-31/h6-24,26-27,38-40,43-44,52,56H,5,25,28H2,1-4H3/t38-,39+,40-,43-,44-,49+/m0/s1. The van der Waals surface area contributed by atoms with Gasteiger partial charge in [0.2, 0.25) is 11.8 Å². The quantitative estimate of drug-likeness (QED) is 0.0809. The summed E-state index contributed by atoms with van der Waals surface area (Å²) in [5.74, 6) is -5.00. The third-order valence-corrected chi connectivity index (χ3v) is 12.8. The molecule has 2 N–H and O–H groups in total. The predicted molar refractivity (Wildman–Crippen MR) is 232 cm³/mol. The number of hydrogen-bond acceptors (Lipinski definition) is 10. The first-order chi connectivity index (χ1) is 29.5. The van der Waals surface area contributed by atoms with Crippen LogP contribution in [-0.2, 0) is 24.6 Å². The summed E-state index contributed by atoms with van der Waals surface area (Å²) in [4.78, 5) is 62.9. The first-order valence-corrected chi connectivity index (χ1v) is 20.6. The average molecular weight is 815 g/mol. The lowest BCUT2D eigenvalue weighted by atomic mass is 9.49. The van der Waals surface area contributed by atoms with Crippen molar-refractivity contribution in [2.45, 2.75) is 38.0 Å². The van der Waals surface area contributed by atoms with Crippen LogP contribution in [0.3, 0.4) is 0 Å². The number of azo groups is 1. The molecule has 4 amide bonds. The molecule has 0 radical (unpaired) electrons. The van der Waals surface area contributed by atoms with Crippen molar-refractivity contribution < 1.29 is 29.0 Å². The molecule has 3 fully saturated rings.